The molecule has 12 heteroatoms. The van der Waals surface area contributed by atoms with Crippen LogP contribution in [-0.4, -0.2) is 52.0 Å². The van der Waals surface area contributed by atoms with Crippen LogP contribution in [-0.2, 0) is 0 Å². The van der Waals surface area contributed by atoms with Crippen molar-refractivity contribution in [2.45, 2.75) is 32.9 Å². The molecule has 2 aromatic carbocycles. The van der Waals surface area contributed by atoms with Crippen molar-refractivity contribution in [3.05, 3.63) is 76.8 Å². The monoisotopic (exact) mass is 604 g/mol. The van der Waals surface area contributed by atoms with Gasteiger partial charge in [-0.05, 0) is 40.6 Å². The predicted molar refractivity (Wildman–Crippen MR) is 164 cm³/mol. The fraction of sp³-hybridized carbons (Fsp3) is 0.323. The molecule has 0 saturated heterocycles. The smallest absolute Gasteiger partial charge is 0.221 e. The van der Waals surface area contributed by atoms with Crippen molar-refractivity contribution in [1.82, 2.24) is 25.0 Å². The van der Waals surface area contributed by atoms with E-state index in [2.05, 4.69) is 57.8 Å². The van der Waals surface area contributed by atoms with E-state index in [4.69, 9.17) is 16.3 Å². The van der Waals surface area contributed by atoms with Gasteiger partial charge in [-0.3, -0.25) is 4.98 Å². The Labute approximate surface area is 252 Å². The second kappa shape index (κ2) is 12.4. The highest BCUT2D eigenvalue weighted by molar-refractivity contribution is 6.35. The minimum Gasteiger partial charge on any atom is -0.481 e. The lowest BCUT2D eigenvalue weighted by Crippen LogP contribution is -2.20. The molecular weight excluding hydrogens is 574 g/mol. The van der Waals surface area contributed by atoms with E-state index < -0.39 is 25.4 Å². The number of pyridine rings is 2. The third kappa shape index (κ3) is 6.15. The fourth-order valence-corrected chi connectivity index (χ4v) is 5.12. The molecule has 3 aromatic heterocycles. The van der Waals surface area contributed by atoms with Crippen molar-refractivity contribution in [1.29, 1.82) is 5.26 Å². The zero-order valence-electron chi connectivity index (χ0n) is 24.2. The quantitative estimate of drug-likeness (QED) is 0.174. The standard InChI is InChI=1S/C31H31ClF2N8O/c1-31(2,3)17-38-27-18(14-35)15-37-28-24(27)10-19(11-25(28)32)39-29(26-16-42(41-40-26)20(12-33)13-34)22-6-5-7-23-21(22)8-9-36-30(23)43-4/h5-11,15-16,20,29,39H,12-13,17H2,1-4H3,(H,37,38). The van der Waals surface area contributed by atoms with Gasteiger partial charge in [-0.25, -0.2) is 18.4 Å². The van der Waals surface area contributed by atoms with Gasteiger partial charge in [-0.2, -0.15) is 5.26 Å². The number of nitrogens with zero attached hydrogens (tertiary/aromatic N) is 6. The maximum Gasteiger partial charge on any atom is 0.221 e. The van der Waals surface area contributed by atoms with Crippen molar-refractivity contribution in [3.8, 4) is 11.9 Å². The van der Waals surface area contributed by atoms with Crippen LogP contribution in [0.2, 0.25) is 5.02 Å². The van der Waals surface area contributed by atoms with Gasteiger partial charge in [0.05, 0.1) is 41.1 Å². The van der Waals surface area contributed by atoms with Crippen molar-refractivity contribution >= 4 is 44.7 Å². The number of anilines is 2. The Morgan fingerprint density at radius 1 is 1.09 bits per heavy atom. The van der Waals surface area contributed by atoms with Crippen LogP contribution in [0, 0.1) is 16.7 Å². The number of benzene rings is 2. The molecule has 3 heterocycles. The Bertz CT molecular complexity index is 1810. The van der Waals surface area contributed by atoms with Gasteiger partial charge < -0.3 is 15.4 Å². The van der Waals surface area contributed by atoms with Gasteiger partial charge in [0.25, 0.3) is 0 Å². The van der Waals surface area contributed by atoms with Gasteiger partial charge in [-0.15, -0.1) is 5.10 Å². The second-order valence-electron chi connectivity index (χ2n) is 11.4. The fourth-order valence-electron chi connectivity index (χ4n) is 4.85. The van der Waals surface area contributed by atoms with Crippen molar-refractivity contribution in [3.63, 3.8) is 0 Å². The van der Waals surface area contributed by atoms with Crippen LogP contribution in [0.4, 0.5) is 20.2 Å². The third-order valence-corrected chi connectivity index (χ3v) is 7.30. The molecule has 0 spiro atoms. The summed E-state index contributed by atoms with van der Waals surface area (Å²) < 4.78 is 33.7. The molecule has 0 bridgehead atoms. The third-order valence-electron chi connectivity index (χ3n) is 7.01. The topological polar surface area (TPSA) is 114 Å². The Hall–Kier alpha value is -4.56. The van der Waals surface area contributed by atoms with Crippen LogP contribution in [0.5, 0.6) is 5.88 Å². The SMILES string of the molecule is COc1nccc2c(C(Nc3cc(Cl)c4ncc(C#N)c(NCC(C)(C)C)c4c3)c3cn(C(CF)CF)nn3)cccc12. The highest BCUT2D eigenvalue weighted by atomic mass is 35.5. The van der Waals surface area contributed by atoms with E-state index in [0.29, 0.717) is 51.0 Å². The first-order chi connectivity index (χ1) is 20.7. The van der Waals surface area contributed by atoms with Crippen LogP contribution < -0.4 is 15.4 Å². The average molecular weight is 605 g/mol. The van der Waals surface area contributed by atoms with Crippen LogP contribution in [0.25, 0.3) is 21.7 Å². The molecule has 0 aliphatic carbocycles. The molecule has 5 rings (SSSR count). The van der Waals surface area contributed by atoms with Crippen LogP contribution in [0.1, 0.15) is 49.7 Å². The molecule has 0 aliphatic heterocycles. The average Bonchev–Trinajstić information content (AvgIpc) is 3.48. The van der Waals surface area contributed by atoms with E-state index in [-0.39, 0.29) is 5.41 Å². The molecule has 0 aliphatic rings. The Kier molecular flexibility index (Phi) is 8.59. The molecule has 1 unspecified atom stereocenters. The minimum atomic E-state index is -1.08. The highest BCUT2D eigenvalue weighted by Crippen LogP contribution is 2.38. The zero-order valence-corrected chi connectivity index (χ0v) is 25.0. The summed E-state index contributed by atoms with van der Waals surface area (Å²) in [4.78, 5) is 8.78. The van der Waals surface area contributed by atoms with Gasteiger partial charge >= 0.3 is 0 Å². The number of nitrogens with one attached hydrogen (secondary N) is 2. The summed E-state index contributed by atoms with van der Waals surface area (Å²) in [5.41, 5.74) is 3.35. The maximum atomic E-state index is 13.5. The van der Waals surface area contributed by atoms with E-state index >= 15 is 0 Å². The van der Waals surface area contributed by atoms with Crippen molar-refractivity contribution in [2.24, 2.45) is 5.41 Å². The molecule has 0 radical (unpaired) electrons. The first-order valence-electron chi connectivity index (χ1n) is 13.7. The largest absolute Gasteiger partial charge is 0.481 e. The van der Waals surface area contributed by atoms with Crippen LogP contribution >= 0.6 is 11.6 Å². The van der Waals surface area contributed by atoms with Crippen molar-refractivity contribution in [2.75, 3.05) is 37.6 Å². The number of aromatic nitrogens is 5. The lowest BCUT2D eigenvalue weighted by Gasteiger charge is -2.23. The van der Waals surface area contributed by atoms with Gasteiger partial charge in [0, 0.05) is 35.4 Å². The summed E-state index contributed by atoms with van der Waals surface area (Å²) in [5, 5.41) is 27.8. The molecule has 5 aromatic rings. The summed E-state index contributed by atoms with van der Waals surface area (Å²) in [6.07, 6.45) is 4.69. The molecule has 0 amide bonds. The second-order valence-corrected chi connectivity index (χ2v) is 11.8. The number of hydrogen-bond donors (Lipinski definition) is 2. The Morgan fingerprint density at radius 3 is 2.58 bits per heavy atom. The lowest BCUT2D eigenvalue weighted by atomic mass is 9.96. The molecular formula is C31H31ClF2N8O. The summed E-state index contributed by atoms with van der Waals surface area (Å²) >= 11 is 6.76. The minimum absolute atomic E-state index is 0.0553. The summed E-state index contributed by atoms with van der Waals surface area (Å²) in [6, 6.07) is 11.7. The van der Waals surface area contributed by atoms with Crippen LogP contribution in [0.3, 0.4) is 0 Å². The maximum absolute atomic E-state index is 13.5. The molecule has 222 valence electrons. The molecule has 0 fully saturated rings. The molecule has 0 saturated carbocycles. The number of halogens is 3. The Balaban J connectivity index is 1.67. The lowest BCUT2D eigenvalue weighted by molar-refractivity contribution is 0.269. The first-order valence-corrected chi connectivity index (χ1v) is 14.0. The zero-order chi connectivity index (χ0) is 30.7. The van der Waals surface area contributed by atoms with E-state index in [9.17, 15) is 14.0 Å². The van der Waals surface area contributed by atoms with Gasteiger partial charge in [0.15, 0.2) is 0 Å². The number of nitriles is 1. The van der Waals surface area contributed by atoms with E-state index in [1.165, 1.54) is 17.1 Å². The molecule has 9 nitrogen and oxygen atoms in total. The number of fused-ring (bicyclic) bond motifs is 2. The van der Waals surface area contributed by atoms with E-state index in [1.54, 1.807) is 19.4 Å². The summed E-state index contributed by atoms with van der Waals surface area (Å²) in [5.74, 6) is 0.454. The number of rotatable bonds is 10. The molecule has 2 N–H and O–H groups in total. The van der Waals surface area contributed by atoms with Crippen molar-refractivity contribution < 1.29 is 13.5 Å². The van der Waals surface area contributed by atoms with Gasteiger partial charge in [0.1, 0.15) is 31.2 Å². The number of alkyl halides is 2. The highest BCUT2D eigenvalue weighted by Gasteiger charge is 2.24. The van der Waals surface area contributed by atoms with Gasteiger partial charge in [0.2, 0.25) is 5.88 Å². The number of ether oxygens (including phenoxy) is 1. The number of hydrogen-bond acceptors (Lipinski definition) is 8. The number of methoxy groups -OCH3 is 1. The van der Waals surface area contributed by atoms with E-state index in [0.717, 1.165) is 16.3 Å². The summed E-state index contributed by atoms with van der Waals surface area (Å²) in [6.45, 7) is 5.05. The predicted octanol–water partition coefficient (Wildman–Crippen LogP) is 7.05. The normalized spacial score (nSPS) is 12.4. The van der Waals surface area contributed by atoms with Gasteiger partial charge in [-0.1, -0.05) is 49.7 Å². The van der Waals surface area contributed by atoms with E-state index in [1.807, 2.05) is 30.3 Å². The van der Waals surface area contributed by atoms with Crippen LogP contribution in [0.15, 0.2) is 55.0 Å². The first kappa shape index (κ1) is 29.9. The summed E-state index contributed by atoms with van der Waals surface area (Å²) in [7, 11) is 1.55. The molecule has 1 atom stereocenters. The Morgan fingerprint density at radius 2 is 1.88 bits per heavy atom. The molecule has 43 heavy (non-hydrogen) atoms.